The summed E-state index contributed by atoms with van der Waals surface area (Å²) in [6.07, 6.45) is -1.30. The molecule has 0 saturated heterocycles. The minimum Gasteiger partial charge on any atom is -0.496 e. The van der Waals surface area contributed by atoms with Crippen LogP contribution in [-0.2, 0) is 4.74 Å². The number of ether oxygens (including phenoxy) is 2. The van der Waals surface area contributed by atoms with E-state index in [2.05, 4.69) is 0 Å². The van der Waals surface area contributed by atoms with Gasteiger partial charge in [0.25, 0.3) is 0 Å². The molecule has 4 heteroatoms. The lowest BCUT2D eigenvalue weighted by Gasteiger charge is -2.13. The Hall–Kier alpha value is -1.55. The molecule has 15 heavy (non-hydrogen) atoms. The number of aliphatic hydroxyl groups excluding tert-OH is 1. The summed E-state index contributed by atoms with van der Waals surface area (Å²) in [5.41, 5.74) is 1.11. The second-order valence-electron chi connectivity index (χ2n) is 3.49. The summed E-state index contributed by atoms with van der Waals surface area (Å²) in [6.45, 7) is 1.59. The minimum absolute atomic E-state index is 0.422. The zero-order valence-electron chi connectivity index (χ0n) is 8.56. The van der Waals surface area contributed by atoms with Gasteiger partial charge < -0.3 is 14.6 Å². The highest BCUT2D eigenvalue weighted by Gasteiger charge is 2.36. The highest BCUT2D eigenvalue weighted by atomic mass is 16.6. The summed E-state index contributed by atoms with van der Waals surface area (Å²) in [7, 11) is 1.50. The van der Waals surface area contributed by atoms with Crippen molar-refractivity contribution in [2.75, 3.05) is 7.11 Å². The number of hydrogen-bond acceptors (Lipinski definition) is 4. The first-order valence-electron chi connectivity index (χ1n) is 4.71. The number of aliphatic hydroxyl groups is 1. The van der Waals surface area contributed by atoms with Crippen molar-refractivity contribution in [1.29, 1.82) is 0 Å². The molecule has 0 aliphatic carbocycles. The lowest BCUT2D eigenvalue weighted by atomic mass is 10.0. The molecule has 2 atom stereocenters. The largest absolute Gasteiger partial charge is 0.496 e. The van der Waals surface area contributed by atoms with E-state index in [1.54, 1.807) is 25.1 Å². The van der Waals surface area contributed by atoms with Gasteiger partial charge in [0.15, 0.2) is 6.10 Å². The van der Waals surface area contributed by atoms with E-state index in [0.29, 0.717) is 16.9 Å². The van der Waals surface area contributed by atoms with Crippen molar-refractivity contribution in [3.63, 3.8) is 0 Å². The van der Waals surface area contributed by atoms with Gasteiger partial charge in [-0.25, -0.2) is 4.79 Å². The summed E-state index contributed by atoms with van der Waals surface area (Å²) in [4.78, 5) is 11.5. The number of esters is 1. The lowest BCUT2D eigenvalue weighted by Crippen LogP contribution is -2.14. The molecule has 0 saturated carbocycles. The number of fused-ring (bicyclic) bond motifs is 1. The number of hydrogen-bond donors (Lipinski definition) is 1. The van der Waals surface area contributed by atoms with Gasteiger partial charge >= 0.3 is 5.97 Å². The second-order valence-corrected chi connectivity index (χ2v) is 3.49. The Morgan fingerprint density at radius 1 is 1.53 bits per heavy atom. The summed E-state index contributed by atoms with van der Waals surface area (Å²) in [6, 6.07) is 5.24. The summed E-state index contributed by atoms with van der Waals surface area (Å²) < 4.78 is 10.1. The molecule has 0 amide bonds. The first-order valence-corrected chi connectivity index (χ1v) is 4.71. The van der Waals surface area contributed by atoms with Crippen molar-refractivity contribution in [3.05, 3.63) is 29.3 Å². The number of rotatable bonds is 2. The van der Waals surface area contributed by atoms with E-state index in [0.717, 1.165) is 0 Å². The Balaban J connectivity index is 2.53. The molecule has 0 radical (unpaired) electrons. The van der Waals surface area contributed by atoms with E-state index in [4.69, 9.17) is 9.47 Å². The van der Waals surface area contributed by atoms with E-state index in [1.807, 2.05) is 0 Å². The maximum atomic E-state index is 11.5. The maximum absolute atomic E-state index is 11.5. The van der Waals surface area contributed by atoms with Gasteiger partial charge in [-0.2, -0.15) is 0 Å². The Morgan fingerprint density at radius 3 is 2.87 bits per heavy atom. The first-order chi connectivity index (χ1) is 7.15. The maximum Gasteiger partial charge on any atom is 0.343 e. The SMILES string of the molecule is COc1cccc2c1C(=O)OC2C(C)O. The second kappa shape index (κ2) is 3.55. The van der Waals surface area contributed by atoms with Gasteiger partial charge in [-0.3, -0.25) is 0 Å². The molecule has 1 heterocycles. The number of benzene rings is 1. The average Bonchev–Trinajstić information content (AvgIpc) is 2.56. The van der Waals surface area contributed by atoms with Gasteiger partial charge in [0, 0.05) is 5.56 Å². The fourth-order valence-corrected chi connectivity index (χ4v) is 1.77. The molecule has 1 N–H and O–H groups in total. The van der Waals surface area contributed by atoms with Crippen LogP contribution in [0.1, 0.15) is 28.9 Å². The first kappa shape index (κ1) is 9.98. The zero-order chi connectivity index (χ0) is 11.0. The highest BCUT2D eigenvalue weighted by Crippen LogP contribution is 2.37. The molecule has 80 valence electrons. The van der Waals surface area contributed by atoms with Gasteiger partial charge in [0.05, 0.1) is 13.2 Å². The molecule has 1 aliphatic heterocycles. The lowest BCUT2D eigenvalue weighted by molar-refractivity contribution is -0.00279. The van der Waals surface area contributed by atoms with Crippen LogP contribution in [0.25, 0.3) is 0 Å². The van der Waals surface area contributed by atoms with Crippen LogP contribution < -0.4 is 4.74 Å². The van der Waals surface area contributed by atoms with Crippen molar-refractivity contribution in [2.45, 2.75) is 19.1 Å². The van der Waals surface area contributed by atoms with Crippen LogP contribution in [-0.4, -0.2) is 24.3 Å². The molecule has 0 spiro atoms. The van der Waals surface area contributed by atoms with Crippen LogP contribution in [0.2, 0.25) is 0 Å². The predicted molar refractivity (Wildman–Crippen MR) is 52.8 cm³/mol. The third-order valence-corrected chi connectivity index (χ3v) is 2.46. The average molecular weight is 208 g/mol. The fraction of sp³-hybridized carbons (Fsp3) is 0.364. The number of methoxy groups -OCH3 is 1. The highest BCUT2D eigenvalue weighted by molar-refractivity contribution is 5.97. The quantitative estimate of drug-likeness (QED) is 0.744. The van der Waals surface area contributed by atoms with Crippen LogP contribution in [0.5, 0.6) is 5.75 Å². The predicted octanol–water partition coefficient (Wildman–Crippen LogP) is 1.29. The molecule has 2 rings (SSSR count). The van der Waals surface area contributed by atoms with Gasteiger partial charge in [0.1, 0.15) is 11.3 Å². The van der Waals surface area contributed by atoms with Crippen molar-refractivity contribution < 1.29 is 19.4 Å². The molecule has 1 aromatic rings. The Morgan fingerprint density at radius 2 is 2.27 bits per heavy atom. The third-order valence-electron chi connectivity index (χ3n) is 2.46. The van der Waals surface area contributed by atoms with Crippen molar-refractivity contribution in [2.24, 2.45) is 0 Å². The minimum atomic E-state index is -0.720. The molecule has 1 aromatic carbocycles. The Kier molecular flexibility index (Phi) is 2.36. The smallest absolute Gasteiger partial charge is 0.343 e. The van der Waals surface area contributed by atoms with Gasteiger partial charge in [-0.15, -0.1) is 0 Å². The molecular weight excluding hydrogens is 196 g/mol. The van der Waals surface area contributed by atoms with Crippen LogP contribution in [0.3, 0.4) is 0 Å². The van der Waals surface area contributed by atoms with E-state index < -0.39 is 18.2 Å². The molecule has 1 aliphatic rings. The van der Waals surface area contributed by atoms with Crippen LogP contribution in [0, 0.1) is 0 Å². The Bertz CT molecular complexity index is 398. The number of carbonyl (C=O) groups is 1. The number of carbonyl (C=O) groups excluding carboxylic acids is 1. The van der Waals surface area contributed by atoms with E-state index in [-0.39, 0.29) is 0 Å². The third kappa shape index (κ3) is 1.47. The zero-order valence-corrected chi connectivity index (χ0v) is 8.56. The molecule has 2 unspecified atom stereocenters. The molecule has 0 aromatic heterocycles. The Labute approximate surface area is 87.4 Å². The summed E-state index contributed by atoms with van der Waals surface area (Å²) in [5, 5.41) is 9.46. The summed E-state index contributed by atoms with van der Waals surface area (Å²) in [5.74, 6) is 0.0500. The fourth-order valence-electron chi connectivity index (χ4n) is 1.77. The normalized spacial score (nSPS) is 20.7. The standard InChI is InChI=1S/C11H12O4/c1-6(12)10-7-4-3-5-8(14-2)9(7)11(13)15-10/h3-6,10,12H,1-2H3. The van der Waals surface area contributed by atoms with Gasteiger partial charge in [0.2, 0.25) is 0 Å². The van der Waals surface area contributed by atoms with Crippen LogP contribution >= 0.6 is 0 Å². The topological polar surface area (TPSA) is 55.8 Å². The van der Waals surface area contributed by atoms with Crippen LogP contribution in [0.4, 0.5) is 0 Å². The monoisotopic (exact) mass is 208 g/mol. The van der Waals surface area contributed by atoms with Crippen molar-refractivity contribution in [1.82, 2.24) is 0 Å². The molecular formula is C11H12O4. The molecule has 4 nitrogen and oxygen atoms in total. The number of cyclic esters (lactones) is 1. The van der Waals surface area contributed by atoms with E-state index in [9.17, 15) is 9.90 Å². The van der Waals surface area contributed by atoms with Crippen molar-refractivity contribution in [3.8, 4) is 5.75 Å². The molecule has 0 fully saturated rings. The van der Waals surface area contributed by atoms with Gasteiger partial charge in [-0.1, -0.05) is 12.1 Å². The van der Waals surface area contributed by atoms with Gasteiger partial charge in [-0.05, 0) is 13.0 Å². The van der Waals surface area contributed by atoms with Crippen molar-refractivity contribution >= 4 is 5.97 Å². The van der Waals surface area contributed by atoms with E-state index >= 15 is 0 Å². The van der Waals surface area contributed by atoms with Crippen LogP contribution in [0.15, 0.2) is 18.2 Å². The summed E-state index contributed by atoms with van der Waals surface area (Å²) >= 11 is 0. The molecule has 0 bridgehead atoms. The van der Waals surface area contributed by atoms with E-state index in [1.165, 1.54) is 7.11 Å².